The number of rotatable bonds is 2. The summed E-state index contributed by atoms with van der Waals surface area (Å²) in [6.07, 6.45) is 1.67. The van der Waals surface area contributed by atoms with Crippen molar-refractivity contribution in [2.75, 3.05) is 33.0 Å². The molecule has 2 heterocycles. The molecular weight excluding hydrogens is 256 g/mol. The van der Waals surface area contributed by atoms with Gasteiger partial charge in [-0.1, -0.05) is 20.8 Å². The largest absolute Gasteiger partial charge is 0.379 e. The van der Waals surface area contributed by atoms with E-state index in [1.54, 1.807) is 0 Å². The Labute approximate surface area is 120 Å². The van der Waals surface area contributed by atoms with Crippen molar-refractivity contribution in [3.05, 3.63) is 0 Å². The highest BCUT2D eigenvalue weighted by molar-refractivity contribution is 6.03. The number of imide groups is 1. The van der Waals surface area contributed by atoms with Gasteiger partial charge in [0.15, 0.2) is 0 Å². The van der Waals surface area contributed by atoms with E-state index in [9.17, 15) is 9.59 Å². The number of piperidine rings is 1. The molecule has 2 atom stereocenters. The molecule has 2 aliphatic heterocycles. The van der Waals surface area contributed by atoms with Crippen molar-refractivity contribution in [3.8, 4) is 0 Å². The van der Waals surface area contributed by atoms with Crippen molar-refractivity contribution in [1.82, 2.24) is 9.80 Å². The summed E-state index contributed by atoms with van der Waals surface area (Å²) >= 11 is 0. The van der Waals surface area contributed by atoms with Gasteiger partial charge in [0.1, 0.15) is 0 Å². The number of carbonyl (C=O) groups excluding carboxylic acids is 2. The Morgan fingerprint density at radius 1 is 1.20 bits per heavy atom. The average molecular weight is 280 g/mol. The topological polar surface area (TPSA) is 49.9 Å². The number of nitrogens with zero attached hydrogens (tertiary/aromatic N) is 2. The van der Waals surface area contributed by atoms with Crippen LogP contribution in [0.25, 0.3) is 0 Å². The summed E-state index contributed by atoms with van der Waals surface area (Å²) in [5.41, 5.74) is -0.611. The minimum Gasteiger partial charge on any atom is -0.379 e. The Morgan fingerprint density at radius 2 is 1.85 bits per heavy atom. The van der Waals surface area contributed by atoms with Crippen LogP contribution < -0.4 is 0 Å². The third-order valence-corrected chi connectivity index (χ3v) is 5.95. The number of hydrogen-bond donors (Lipinski definition) is 0. The molecular formula is C15H24N2O3. The fraction of sp³-hybridized carbons (Fsp3) is 0.867. The fourth-order valence-corrected chi connectivity index (χ4v) is 3.98. The molecule has 0 N–H and O–H groups in total. The molecule has 1 saturated carbocycles. The summed E-state index contributed by atoms with van der Waals surface area (Å²) in [7, 11) is 0. The van der Waals surface area contributed by atoms with Crippen molar-refractivity contribution in [1.29, 1.82) is 0 Å². The summed E-state index contributed by atoms with van der Waals surface area (Å²) in [6, 6.07) is 0. The fourth-order valence-electron chi connectivity index (χ4n) is 3.98. The van der Waals surface area contributed by atoms with Gasteiger partial charge in [0.2, 0.25) is 11.8 Å². The molecule has 5 nitrogen and oxygen atoms in total. The van der Waals surface area contributed by atoms with E-state index in [-0.39, 0.29) is 23.1 Å². The number of likely N-dealkylation sites (tertiary alicyclic amines) is 1. The van der Waals surface area contributed by atoms with E-state index in [0.29, 0.717) is 19.9 Å². The molecule has 20 heavy (non-hydrogen) atoms. The molecule has 5 heteroatoms. The summed E-state index contributed by atoms with van der Waals surface area (Å²) in [5, 5.41) is 0. The lowest BCUT2D eigenvalue weighted by Crippen LogP contribution is -2.61. The second-order valence-electron chi connectivity index (χ2n) is 7.09. The van der Waals surface area contributed by atoms with Crippen LogP contribution in [0.4, 0.5) is 0 Å². The second kappa shape index (κ2) is 4.53. The lowest BCUT2D eigenvalue weighted by Gasteiger charge is -2.48. The van der Waals surface area contributed by atoms with Crippen LogP contribution in [0.5, 0.6) is 0 Å². The molecule has 2 saturated heterocycles. The smallest absolute Gasteiger partial charge is 0.236 e. The number of fused-ring (bicyclic) bond motifs is 2. The molecule has 112 valence electrons. The van der Waals surface area contributed by atoms with Crippen molar-refractivity contribution < 1.29 is 14.3 Å². The van der Waals surface area contributed by atoms with Crippen LogP contribution in [0.3, 0.4) is 0 Å². The maximum absolute atomic E-state index is 12.9. The first-order valence-corrected chi connectivity index (χ1v) is 7.54. The number of ether oxygens (including phenoxy) is 1. The maximum atomic E-state index is 12.9. The Balaban J connectivity index is 1.83. The number of morpholine rings is 1. The number of amides is 2. The average Bonchev–Trinajstić information content (AvgIpc) is 2.61. The van der Waals surface area contributed by atoms with E-state index in [0.717, 1.165) is 25.9 Å². The van der Waals surface area contributed by atoms with Crippen LogP contribution in [0.15, 0.2) is 0 Å². The molecule has 0 aromatic heterocycles. The van der Waals surface area contributed by atoms with Gasteiger partial charge in [-0.2, -0.15) is 0 Å². The Bertz CT molecular complexity index is 442. The lowest BCUT2D eigenvalue weighted by molar-refractivity contribution is -0.171. The molecule has 3 aliphatic rings. The Kier molecular flexibility index (Phi) is 3.18. The summed E-state index contributed by atoms with van der Waals surface area (Å²) in [6.45, 7) is 9.57. The molecule has 3 fully saturated rings. The first-order valence-electron chi connectivity index (χ1n) is 7.54. The van der Waals surface area contributed by atoms with Gasteiger partial charge in [-0.3, -0.25) is 19.4 Å². The molecule has 0 aromatic carbocycles. The molecule has 2 amide bonds. The van der Waals surface area contributed by atoms with Gasteiger partial charge >= 0.3 is 0 Å². The van der Waals surface area contributed by atoms with Crippen LogP contribution in [-0.2, 0) is 14.3 Å². The standard InChI is InChI=1S/C15H24N2O3/c1-14(2)11-4-5-15(14,3)13(19)17(12(11)18)10-16-6-8-20-9-7-16/h11H,4-10H2,1-3H3/t11-,15+/m1/s1. The minimum absolute atomic E-state index is 0.00811. The van der Waals surface area contributed by atoms with Crippen LogP contribution >= 0.6 is 0 Å². The van der Waals surface area contributed by atoms with E-state index in [2.05, 4.69) is 18.7 Å². The summed E-state index contributed by atoms with van der Waals surface area (Å²) in [4.78, 5) is 29.2. The molecule has 0 spiro atoms. The predicted octanol–water partition coefficient (Wildman–Crippen LogP) is 1.09. The van der Waals surface area contributed by atoms with Crippen LogP contribution in [0.1, 0.15) is 33.6 Å². The predicted molar refractivity (Wildman–Crippen MR) is 73.7 cm³/mol. The van der Waals surface area contributed by atoms with Gasteiger partial charge in [0.05, 0.1) is 25.3 Å². The zero-order valence-corrected chi connectivity index (χ0v) is 12.6. The van der Waals surface area contributed by atoms with Gasteiger partial charge in [0, 0.05) is 19.0 Å². The molecule has 0 unspecified atom stereocenters. The molecule has 3 rings (SSSR count). The van der Waals surface area contributed by atoms with E-state index in [1.807, 2.05) is 6.92 Å². The molecule has 0 aromatic rings. The van der Waals surface area contributed by atoms with Crippen LogP contribution in [0.2, 0.25) is 0 Å². The van der Waals surface area contributed by atoms with Crippen LogP contribution in [-0.4, -0.2) is 54.6 Å². The highest BCUT2D eigenvalue weighted by Gasteiger charge is 2.64. The third-order valence-electron chi connectivity index (χ3n) is 5.95. The Morgan fingerprint density at radius 3 is 2.50 bits per heavy atom. The van der Waals surface area contributed by atoms with Crippen molar-refractivity contribution in [2.45, 2.75) is 33.6 Å². The quantitative estimate of drug-likeness (QED) is 0.710. The van der Waals surface area contributed by atoms with E-state index >= 15 is 0 Å². The minimum atomic E-state index is -0.391. The SMILES string of the molecule is CC1(C)[C@@H]2CC[C@@]1(C)C(=O)N(CN1CCOCC1)C2=O. The van der Waals surface area contributed by atoms with Gasteiger partial charge < -0.3 is 4.74 Å². The monoisotopic (exact) mass is 280 g/mol. The van der Waals surface area contributed by atoms with Gasteiger partial charge in [0.25, 0.3) is 0 Å². The summed E-state index contributed by atoms with van der Waals surface area (Å²) < 4.78 is 5.32. The zero-order valence-electron chi connectivity index (χ0n) is 12.6. The molecule has 1 aliphatic carbocycles. The van der Waals surface area contributed by atoms with E-state index < -0.39 is 5.41 Å². The second-order valence-corrected chi connectivity index (χ2v) is 7.09. The Hall–Kier alpha value is -0.940. The van der Waals surface area contributed by atoms with E-state index in [4.69, 9.17) is 4.74 Å². The van der Waals surface area contributed by atoms with Gasteiger partial charge in [-0.05, 0) is 18.3 Å². The maximum Gasteiger partial charge on any atom is 0.236 e. The summed E-state index contributed by atoms with van der Waals surface area (Å²) in [5.74, 6) is 0.0421. The van der Waals surface area contributed by atoms with Gasteiger partial charge in [-0.25, -0.2) is 0 Å². The number of carbonyl (C=O) groups is 2. The van der Waals surface area contributed by atoms with Crippen molar-refractivity contribution in [2.24, 2.45) is 16.7 Å². The van der Waals surface area contributed by atoms with Crippen molar-refractivity contribution in [3.63, 3.8) is 0 Å². The van der Waals surface area contributed by atoms with E-state index in [1.165, 1.54) is 4.90 Å². The molecule has 0 radical (unpaired) electrons. The first-order chi connectivity index (χ1) is 9.38. The number of hydrogen-bond acceptors (Lipinski definition) is 4. The highest BCUT2D eigenvalue weighted by Crippen LogP contribution is 2.59. The normalized spacial score (nSPS) is 37.5. The third kappa shape index (κ3) is 1.76. The molecule has 2 bridgehead atoms. The lowest BCUT2D eigenvalue weighted by atomic mass is 9.62. The van der Waals surface area contributed by atoms with Gasteiger partial charge in [-0.15, -0.1) is 0 Å². The zero-order chi connectivity index (χ0) is 14.5. The highest BCUT2D eigenvalue weighted by atomic mass is 16.5. The first kappa shape index (κ1) is 14.0. The van der Waals surface area contributed by atoms with Crippen LogP contribution in [0, 0.1) is 16.7 Å². The van der Waals surface area contributed by atoms with Crippen molar-refractivity contribution >= 4 is 11.8 Å².